The summed E-state index contributed by atoms with van der Waals surface area (Å²) in [6.07, 6.45) is 3.94. The molecule has 0 atom stereocenters. The van der Waals surface area contributed by atoms with Crippen molar-refractivity contribution < 1.29 is 4.79 Å². The maximum absolute atomic E-state index is 11.8. The van der Waals surface area contributed by atoms with E-state index in [1.165, 1.54) is 0 Å². The monoisotopic (exact) mass is 282 g/mol. The molecule has 1 aromatic carbocycles. The predicted octanol–water partition coefficient (Wildman–Crippen LogP) is 0.900. The third-order valence-corrected chi connectivity index (χ3v) is 2.95. The standard InChI is InChI=1S/C16H18N4O/c17-9-3-7-14-5-1-2-6-15(14)13-18-16(21)8-12-20-11-4-10-19-20/h1-2,4-6,10-11H,8-9,12-13,17H2,(H,18,21). The number of amides is 1. The molecular weight excluding hydrogens is 264 g/mol. The number of carbonyl (C=O) groups is 1. The third kappa shape index (κ3) is 4.79. The zero-order chi connectivity index (χ0) is 14.9. The van der Waals surface area contributed by atoms with Gasteiger partial charge in [0.2, 0.25) is 5.91 Å². The Hall–Kier alpha value is -2.58. The van der Waals surface area contributed by atoms with Gasteiger partial charge in [-0.15, -0.1) is 0 Å². The molecule has 2 rings (SSSR count). The summed E-state index contributed by atoms with van der Waals surface area (Å²) in [4.78, 5) is 11.8. The third-order valence-electron chi connectivity index (χ3n) is 2.95. The molecule has 0 aliphatic heterocycles. The zero-order valence-corrected chi connectivity index (χ0v) is 11.7. The van der Waals surface area contributed by atoms with Gasteiger partial charge in [-0.2, -0.15) is 5.10 Å². The Morgan fingerprint density at radius 2 is 2.19 bits per heavy atom. The van der Waals surface area contributed by atoms with E-state index in [2.05, 4.69) is 22.3 Å². The van der Waals surface area contributed by atoms with Crippen LogP contribution in [0.15, 0.2) is 42.7 Å². The van der Waals surface area contributed by atoms with Gasteiger partial charge in [0.15, 0.2) is 0 Å². The van der Waals surface area contributed by atoms with E-state index in [-0.39, 0.29) is 5.91 Å². The number of benzene rings is 1. The van der Waals surface area contributed by atoms with Crippen LogP contribution in [0.4, 0.5) is 0 Å². The van der Waals surface area contributed by atoms with Gasteiger partial charge in [-0.05, 0) is 17.7 Å². The summed E-state index contributed by atoms with van der Waals surface area (Å²) < 4.78 is 1.74. The highest BCUT2D eigenvalue weighted by Crippen LogP contribution is 2.07. The van der Waals surface area contributed by atoms with Crippen molar-refractivity contribution in [1.29, 1.82) is 0 Å². The van der Waals surface area contributed by atoms with Crippen LogP contribution in [0.25, 0.3) is 0 Å². The maximum atomic E-state index is 11.8. The summed E-state index contributed by atoms with van der Waals surface area (Å²) in [5.74, 6) is 5.83. The van der Waals surface area contributed by atoms with E-state index in [4.69, 9.17) is 5.73 Å². The lowest BCUT2D eigenvalue weighted by Crippen LogP contribution is -2.24. The predicted molar refractivity (Wildman–Crippen MR) is 81.1 cm³/mol. The number of aromatic nitrogens is 2. The van der Waals surface area contributed by atoms with Crippen molar-refractivity contribution in [2.45, 2.75) is 19.5 Å². The van der Waals surface area contributed by atoms with Gasteiger partial charge in [0.1, 0.15) is 0 Å². The molecule has 3 N–H and O–H groups in total. The average molecular weight is 282 g/mol. The number of carbonyl (C=O) groups excluding carboxylic acids is 1. The summed E-state index contributed by atoms with van der Waals surface area (Å²) in [6, 6.07) is 9.56. The quantitative estimate of drug-likeness (QED) is 0.800. The largest absolute Gasteiger partial charge is 0.352 e. The first kappa shape index (κ1) is 14.8. The Labute approximate surface area is 124 Å². The highest BCUT2D eigenvalue weighted by atomic mass is 16.1. The van der Waals surface area contributed by atoms with Crippen LogP contribution in [-0.4, -0.2) is 22.2 Å². The number of hydrogen-bond acceptors (Lipinski definition) is 3. The number of aryl methyl sites for hydroxylation is 1. The second-order valence-electron chi connectivity index (χ2n) is 4.46. The molecule has 1 aromatic heterocycles. The maximum Gasteiger partial charge on any atom is 0.222 e. The van der Waals surface area contributed by atoms with E-state index < -0.39 is 0 Å². The normalized spacial score (nSPS) is 9.76. The molecule has 0 aliphatic carbocycles. The average Bonchev–Trinajstić information content (AvgIpc) is 3.03. The highest BCUT2D eigenvalue weighted by molar-refractivity contribution is 5.75. The Balaban J connectivity index is 1.86. The summed E-state index contributed by atoms with van der Waals surface area (Å²) in [5.41, 5.74) is 7.27. The SMILES string of the molecule is NCC#Cc1ccccc1CNC(=O)CCn1cccn1. The smallest absolute Gasteiger partial charge is 0.222 e. The first-order valence-electron chi connectivity index (χ1n) is 6.80. The molecule has 0 fully saturated rings. The fourth-order valence-corrected chi connectivity index (χ4v) is 1.87. The fourth-order valence-electron chi connectivity index (χ4n) is 1.87. The van der Waals surface area contributed by atoms with Crippen LogP contribution in [0, 0.1) is 11.8 Å². The van der Waals surface area contributed by atoms with E-state index in [1.54, 1.807) is 10.9 Å². The highest BCUT2D eigenvalue weighted by Gasteiger charge is 2.04. The molecule has 21 heavy (non-hydrogen) atoms. The van der Waals surface area contributed by atoms with Crippen molar-refractivity contribution in [3.63, 3.8) is 0 Å². The van der Waals surface area contributed by atoms with Crippen molar-refractivity contribution in [2.75, 3.05) is 6.54 Å². The summed E-state index contributed by atoms with van der Waals surface area (Å²) in [5, 5.41) is 6.96. The molecule has 108 valence electrons. The minimum Gasteiger partial charge on any atom is -0.352 e. The number of nitrogens with two attached hydrogens (primary N) is 1. The van der Waals surface area contributed by atoms with Gasteiger partial charge in [0.05, 0.1) is 6.54 Å². The van der Waals surface area contributed by atoms with E-state index in [0.717, 1.165) is 11.1 Å². The lowest BCUT2D eigenvalue weighted by Gasteiger charge is -2.07. The van der Waals surface area contributed by atoms with Crippen LogP contribution in [-0.2, 0) is 17.9 Å². The van der Waals surface area contributed by atoms with Gasteiger partial charge in [-0.3, -0.25) is 9.48 Å². The molecule has 0 aliphatic rings. The van der Waals surface area contributed by atoms with Crippen molar-refractivity contribution in [1.82, 2.24) is 15.1 Å². The number of hydrogen-bond donors (Lipinski definition) is 2. The minimum atomic E-state index is -0.00733. The van der Waals surface area contributed by atoms with Gasteiger partial charge >= 0.3 is 0 Å². The Morgan fingerprint density at radius 1 is 1.33 bits per heavy atom. The lowest BCUT2D eigenvalue weighted by molar-refractivity contribution is -0.121. The second kappa shape index (κ2) is 7.88. The zero-order valence-electron chi connectivity index (χ0n) is 11.7. The van der Waals surface area contributed by atoms with E-state index in [0.29, 0.717) is 26.1 Å². The topological polar surface area (TPSA) is 72.9 Å². The summed E-state index contributed by atoms with van der Waals surface area (Å²) in [7, 11) is 0. The first-order valence-corrected chi connectivity index (χ1v) is 6.80. The molecule has 5 nitrogen and oxygen atoms in total. The Kier molecular flexibility index (Phi) is 5.56. The Bertz CT molecular complexity index is 638. The van der Waals surface area contributed by atoms with Gasteiger partial charge in [0, 0.05) is 37.5 Å². The molecular formula is C16H18N4O. The van der Waals surface area contributed by atoms with Crippen LogP contribution >= 0.6 is 0 Å². The molecule has 0 unspecified atom stereocenters. The van der Waals surface area contributed by atoms with Gasteiger partial charge in [0.25, 0.3) is 0 Å². The van der Waals surface area contributed by atoms with Crippen molar-refractivity contribution in [3.05, 3.63) is 53.9 Å². The molecule has 0 saturated carbocycles. The van der Waals surface area contributed by atoms with Crippen LogP contribution < -0.4 is 11.1 Å². The Morgan fingerprint density at radius 3 is 2.95 bits per heavy atom. The summed E-state index contributed by atoms with van der Waals surface area (Å²) >= 11 is 0. The van der Waals surface area contributed by atoms with Crippen molar-refractivity contribution in [2.24, 2.45) is 5.73 Å². The number of nitrogens with one attached hydrogen (secondary N) is 1. The van der Waals surface area contributed by atoms with E-state index in [1.807, 2.05) is 36.5 Å². The lowest BCUT2D eigenvalue weighted by atomic mass is 10.1. The molecule has 2 aromatic rings. The van der Waals surface area contributed by atoms with Gasteiger partial charge in [-0.1, -0.05) is 30.0 Å². The van der Waals surface area contributed by atoms with Crippen LogP contribution in [0.5, 0.6) is 0 Å². The fraction of sp³-hybridized carbons (Fsp3) is 0.250. The number of rotatable bonds is 5. The molecule has 5 heteroatoms. The second-order valence-corrected chi connectivity index (χ2v) is 4.46. The van der Waals surface area contributed by atoms with Crippen molar-refractivity contribution >= 4 is 5.91 Å². The van der Waals surface area contributed by atoms with Gasteiger partial charge in [-0.25, -0.2) is 0 Å². The number of nitrogens with zero attached hydrogens (tertiary/aromatic N) is 2. The van der Waals surface area contributed by atoms with Crippen LogP contribution in [0.3, 0.4) is 0 Å². The molecule has 0 radical (unpaired) electrons. The molecule has 0 bridgehead atoms. The van der Waals surface area contributed by atoms with E-state index >= 15 is 0 Å². The summed E-state index contributed by atoms with van der Waals surface area (Å²) in [6.45, 7) is 1.37. The van der Waals surface area contributed by atoms with Gasteiger partial charge < -0.3 is 11.1 Å². The first-order chi connectivity index (χ1) is 10.3. The van der Waals surface area contributed by atoms with Crippen LogP contribution in [0.2, 0.25) is 0 Å². The van der Waals surface area contributed by atoms with Crippen LogP contribution in [0.1, 0.15) is 17.5 Å². The van der Waals surface area contributed by atoms with E-state index in [9.17, 15) is 4.79 Å². The molecule has 1 heterocycles. The molecule has 0 saturated heterocycles. The molecule has 0 spiro atoms. The van der Waals surface area contributed by atoms with Crippen molar-refractivity contribution in [3.8, 4) is 11.8 Å². The minimum absolute atomic E-state index is 0.00733. The molecule has 1 amide bonds.